The summed E-state index contributed by atoms with van der Waals surface area (Å²) in [5, 5.41) is 3.04. The van der Waals surface area contributed by atoms with Gasteiger partial charge in [-0.1, -0.05) is 17.7 Å². The van der Waals surface area contributed by atoms with E-state index in [0.29, 0.717) is 5.69 Å². The van der Waals surface area contributed by atoms with E-state index in [9.17, 15) is 13.6 Å². The molecule has 0 aliphatic rings. The average Bonchev–Trinajstić information content (AvgIpc) is 2.39. The first kappa shape index (κ1) is 14.3. The van der Waals surface area contributed by atoms with Crippen molar-refractivity contribution in [1.29, 1.82) is 0 Å². The first-order valence-electron chi connectivity index (χ1n) is 5.75. The van der Waals surface area contributed by atoms with Gasteiger partial charge in [0.15, 0.2) is 0 Å². The van der Waals surface area contributed by atoms with Gasteiger partial charge in [-0.3, -0.25) is 4.79 Å². The minimum atomic E-state index is -0.671. The number of nitrogens with one attached hydrogen (secondary N) is 1. The van der Waals surface area contributed by atoms with E-state index < -0.39 is 17.5 Å². The molecule has 20 heavy (non-hydrogen) atoms. The summed E-state index contributed by atoms with van der Waals surface area (Å²) in [6.45, 7) is -0.0572. The van der Waals surface area contributed by atoms with E-state index in [1.165, 1.54) is 30.3 Å². The smallest absolute Gasteiger partial charge is 0.250 e. The van der Waals surface area contributed by atoms with Crippen molar-refractivity contribution >= 4 is 23.2 Å². The molecule has 0 spiro atoms. The van der Waals surface area contributed by atoms with Crippen LogP contribution in [0.4, 0.5) is 14.5 Å². The monoisotopic (exact) mass is 296 g/mol. The Morgan fingerprint density at radius 3 is 2.45 bits per heavy atom. The minimum Gasteiger partial charge on any atom is -0.381 e. The maximum atomic E-state index is 13.4. The summed E-state index contributed by atoms with van der Waals surface area (Å²) in [4.78, 5) is 11.1. The molecule has 0 heterocycles. The number of carbonyl (C=O) groups excluding carboxylic acids is 1. The Bertz CT molecular complexity index is 641. The molecule has 0 bridgehead atoms. The first-order chi connectivity index (χ1) is 9.49. The lowest BCUT2D eigenvalue weighted by Crippen LogP contribution is -2.12. The highest BCUT2D eigenvalue weighted by Crippen LogP contribution is 2.21. The molecule has 3 nitrogen and oxygen atoms in total. The van der Waals surface area contributed by atoms with Gasteiger partial charge in [-0.05, 0) is 30.3 Å². The van der Waals surface area contributed by atoms with E-state index in [4.69, 9.17) is 17.3 Å². The number of nitrogens with two attached hydrogens (primary N) is 1. The molecule has 2 aromatic rings. The SMILES string of the molecule is NC(=O)c1cc(NCc2c(F)cccc2F)ccc1Cl. The first-order valence-corrected chi connectivity index (χ1v) is 6.13. The van der Waals surface area contributed by atoms with Gasteiger partial charge in [0.25, 0.3) is 0 Å². The lowest BCUT2D eigenvalue weighted by atomic mass is 10.1. The maximum absolute atomic E-state index is 13.4. The molecule has 0 radical (unpaired) electrons. The van der Waals surface area contributed by atoms with Crippen LogP contribution in [0.5, 0.6) is 0 Å². The van der Waals surface area contributed by atoms with Crippen LogP contribution in [0.25, 0.3) is 0 Å². The van der Waals surface area contributed by atoms with E-state index in [0.717, 1.165) is 0 Å². The fourth-order valence-electron chi connectivity index (χ4n) is 1.72. The third-order valence-electron chi connectivity index (χ3n) is 2.76. The topological polar surface area (TPSA) is 55.1 Å². The van der Waals surface area contributed by atoms with Crippen LogP contribution in [0.2, 0.25) is 5.02 Å². The van der Waals surface area contributed by atoms with Gasteiger partial charge < -0.3 is 11.1 Å². The fraction of sp³-hybridized carbons (Fsp3) is 0.0714. The molecule has 2 aromatic carbocycles. The molecule has 0 aromatic heterocycles. The van der Waals surface area contributed by atoms with Crippen LogP contribution >= 0.6 is 11.6 Å². The van der Waals surface area contributed by atoms with Gasteiger partial charge in [-0.15, -0.1) is 0 Å². The molecule has 0 aliphatic carbocycles. The van der Waals surface area contributed by atoms with Crippen molar-refractivity contribution in [1.82, 2.24) is 0 Å². The van der Waals surface area contributed by atoms with Crippen molar-refractivity contribution in [2.45, 2.75) is 6.54 Å². The lowest BCUT2D eigenvalue weighted by Gasteiger charge is -2.10. The van der Waals surface area contributed by atoms with Crippen molar-refractivity contribution in [3.05, 3.63) is 64.2 Å². The fourth-order valence-corrected chi connectivity index (χ4v) is 1.93. The number of rotatable bonds is 4. The molecule has 0 saturated heterocycles. The van der Waals surface area contributed by atoms with E-state index in [2.05, 4.69) is 5.32 Å². The summed E-state index contributed by atoms with van der Waals surface area (Å²) in [5.74, 6) is -1.95. The van der Waals surface area contributed by atoms with Crippen LogP contribution < -0.4 is 11.1 Å². The lowest BCUT2D eigenvalue weighted by molar-refractivity contribution is 0.100. The highest BCUT2D eigenvalue weighted by atomic mass is 35.5. The van der Waals surface area contributed by atoms with Crippen molar-refractivity contribution in [3.63, 3.8) is 0 Å². The third kappa shape index (κ3) is 3.05. The zero-order chi connectivity index (χ0) is 14.7. The molecular weight excluding hydrogens is 286 g/mol. The highest BCUT2D eigenvalue weighted by molar-refractivity contribution is 6.33. The minimum absolute atomic E-state index is 0.0572. The van der Waals surface area contributed by atoms with Crippen molar-refractivity contribution in [2.24, 2.45) is 5.73 Å². The number of hydrogen-bond donors (Lipinski definition) is 2. The molecule has 0 atom stereocenters. The third-order valence-corrected chi connectivity index (χ3v) is 3.09. The molecule has 3 N–H and O–H groups in total. The van der Waals surface area contributed by atoms with Gasteiger partial charge in [0.05, 0.1) is 10.6 Å². The highest BCUT2D eigenvalue weighted by Gasteiger charge is 2.10. The van der Waals surface area contributed by atoms with Crippen LogP contribution in [0.1, 0.15) is 15.9 Å². The van der Waals surface area contributed by atoms with E-state index >= 15 is 0 Å². The van der Waals surface area contributed by atoms with Crippen LogP contribution in [0.15, 0.2) is 36.4 Å². The van der Waals surface area contributed by atoms with Gasteiger partial charge in [0, 0.05) is 17.8 Å². The van der Waals surface area contributed by atoms with Crippen LogP contribution in [-0.4, -0.2) is 5.91 Å². The Morgan fingerprint density at radius 1 is 1.20 bits per heavy atom. The number of carbonyl (C=O) groups is 1. The summed E-state index contributed by atoms with van der Waals surface area (Å²) in [7, 11) is 0. The van der Waals surface area contributed by atoms with Crippen LogP contribution in [0.3, 0.4) is 0 Å². The predicted octanol–water partition coefficient (Wildman–Crippen LogP) is 3.33. The normalized spacial score (nSPS) is 10.3. The van der Waals surface area contributed by atoms with Gasteiger partial charge in [-0.25, -0.2) is 8.78 Å². The number of halogens is 3. The second-order valence-electron chi connectivity index (χ2n) is 4.11. The standard InChI is InChI=1S/C14H11ClF2N2O/c15-11-5-4-8(6-9(11)14(18)20)19-7-10-12(16)2-1-3-13(10)17/h1-6,19H,7H2,(H2,18,20). The number of amides is 1. The Kier molecular flexibility index (Phi) is 4.20. The van der Waals surface area contributed by atoms with E-state index in [-0.39, 0.29) is 22.7 Å². The van der Waals surface area contributed by atoms with Gasteiger partial charge >= 0.3 is 0 Å². The van der Waals surface area contributed by atoms with Gasteiger partial charge in [-0.2, -0.15) is 0 Å². The predicted molar refractivity (Wildman–Crippen MR) is 73.7 cm³/mol. The second-order valence-corrected chi connectivity index (χ2v) is 4.52. The number of anilines is 1. The second kappa shape index (κ2) is 5.88. The molecule has 1 amide bonds. The Hall–Kier alpha value is -2.14. The van der Waals surface area contributed by atoms with Crippen molar-refractivity contribution in [3.8, 4) is 0 Å². The zero-order valence-electron chi connectivity index (χ0n) is 10.3. The van der Waals surface area contributed by atoms with Crippen molar-refractivity contribution in [2.75, 3.05) is 5.32 Å². The summed E-state index contributed by atoms with van der Waals surface area (Å²) in [6, 6.07) is 8.16. The summed E-state index contributed by atoms with van der Waals surface area (Å²) in [5.41, 5.74) is 5.72. The molecule has 2 rings (SSSR count). The summed E-state index contributed by atoms with van der Waals surface area (Å²) in [6.07, 6.45) is 0. The molecule has 104 valence electrons. The molecular formula is C14H11ClF2N2O. The largest absolute Gasteiger partial charge is 0.381 e. The molecule has 0 fully saturated rings. The number of hydrogen-bond acceptors (Lipinski definition) is 2. The van der Waals surface area contributed by atoms with E-state index in [1.807, 2.05) is 0 Å². The number of benzene rings is 2. The van der Waals surface area contributed by atoms with E-state index in [1.54, 1.807) is 6.07 Å². The molecule has 6 heteroatoms. The van der Waals surface area contributed by atoms with Crippen molar-refractivity contribution < 1.29 is 13.6 Å². The number of primary amides is 1. The Morgan fingerprint density at radius 2 is 1.85 bits per heavy atom. The maximum Gasteiger partial charge on any atom is 0.250 e. The molecule has 0 saturated carbocycles. The Balaban J connectivity index is 2.19. The summed E-state index contributed by atoms with van der Waals surface area (Å²) >= 11 is 5.81. The van der Waals surface area contributed by atoms with Gasteiger partial charge in [0.1, 0.15) is 11.6 Å². The summed E-state index contributed by atoms with van der Waals surface area (Å²) < 4.78 is 26.9. The van der Waals surface area contributed by atoms with Crippen LogP contribution in [-0.2, 0) is 6.54 Å². The van der Waals surface area contributed by atoms with Crippen LogP contribution in [0, 0.1) is 11.6 Å². The molecule has 0 aliphatic heterocycles. The zero-order valence-corrected chi connectivity index (χ0v) is 11.0. The molecule has 0 unspecified atom stereocenters. The average molecular weight is 297 g/mol. The Labute approximate surface area is 119 Å². The van der Waals surface area contributed by atoms with Gasteiger partial charge in [0.2, 0.25) is 5.91 Å². The quantitative estimate of drug-likeness (QED) is 0.909.